The van der Waals surface area contributed by atoms with Crippen LogP contribution >= 0.6 is 11.6 Å². The lowest BCUT2D eigenvalue weighted by molar-refractivity contribution is -0.138. The van der Waals surface area contributed by atoms with Gasteiger partial charge in [0.15, 0.2) is 0 Å². The van der Waals surface area contributed by atoms with Gasteiger partial charge in [-0.05, 0) is 60.7 Å². The number of phenols is 1. The molecule has 1 heterocycles. The Morgan fingerprint density at radius 3 is 2.03 bits per heavy atom. The lowest BCUT2D eigenvalue weighted by Gasteiger charge is -2.17. The third-order valence-electron chi connectivity index (χ3n) is 5.30. The van der Waals surface area contributed by atoms with Crippen LogP contribution in [0.2, 0.25) is 5.02 Å². The van der Waals surface area contributed by atoms with Crippen LogP contribution in [0.3, 0.4) is 0 Å². The molecule has 3 N–H and O–H groups in total. The molecular formula is C23H13ClF6N2O4S. The second-order valence-electron chi connectivity index (χ2n) is 7.75. The van der Waals surface area contributed by atoms with Crippen LogP contribution < -0.4 is 10.3 Å². The summed E-state index contributed by atoms with van der Waals surface area (Å²) in [6.45, 7) is 0. The second-order valence-corrected chi connectivity index (χ2v) is 9.87. The highest BCUT2D eigenvalue weighted by atomic mass is 35.5. The third-order valence-corrected chi connectivity index (χ3v) is 6.90. The number of benzene rings is 3. The van der Waals surface area contributed by atoms with Gasteiger partial charge in [0.25, 0.3) is 15.6 Å². The highest BCUT2D eigenvalue weighted by Crippen LogP contribution is 2.41. The number of hydrogen-bond acceptors (Lipinski definition) is 4. The molecule has 0 saturated carbocycles. The van der Waals surface area contributed by atoms with Crippen molar-refractivity contribution in [1.82, 2.24) is 4.98 Å². The van der Waals surface area contributed by atoms with Crippen molar-refractivity contribution in [2.24, 2.45) is 0 Å². The molecule has 0 unspecified atom stereocenters. The number of hydrogen-bond donors (Lipinski definition) is 3. The number of nitrogens with one attached hydrogen (secondary N) is 2. The van der Waals surface area contributed by atoms with Crippen molar-refractivity contribution in [3.8, 4) is 16.9 Å². The minimum absolute atomic E-state index is 0.00440. The number of aromatic hydroxyl groups is 1. The van der Waals surface area contributed by atoms with Gasteiger partial charge in [0, 0.05) is 27.1 Å². The summed E-state index contributed by atoms with van der Waals surface area (Å²) in [6, 6.07) is 8.09. The molecule has 0 atom stereocenters. The Morgan fingerprint density at radius 2 is 1.43 bits per heavy atom. The Labute approximate surface area is 209 Å². The lowest BCUT2D eigenvalue weighted by atomic mass is 9.97. The number of sulfonamides is 1. The number of alkyl halides is 6. The van der Waals surface area contributed by atoms with Crippen molar-refractivity contribution in [3.63, 3.8) is 0 Å². The first-order valence-electron chi connectivity index (χ1n) is 10.0. The van der Waals surface area contributed by atoms with Crippen LogP contribution in [-0.2, 0) is 22.4 Å². The molecule has 0 radical (unpaired) electrons. The number of phenolic OH excluding ortho intramolecular Hbond substituents is 1. The average molecular weight is 563 g/mol. The SMILES string of the molecule is O=c1[nH]c2ccc(C(F)(F)F)cc2c(-c2cc(Cl)ccc2O)c1NS(=O)(=O)c1ccc(C(F)(F)F)cc1. The van der Waals surface area contributed by atoms with E-state index in [4.69, 9.17) is 11.6 Å². The molecule has 4 aromatic rings. The minimum Gasteiger partial charge on any atom is -0.507 e. The van der Waals surface area contributed by atoms with Gasteiger partial charge in [-0.2, -0.15) is 26.3 Å². The molecule has 14 heteroatoms. The molecule has 0 amide bonds. The maximum absolute atomic E-state index is 13.4. The van der Waals surface area contributed by atoms with Gasteiger partial charge in [-0.25, -0.2) is 8.42 Å². The summed E-state index contributed by atoms with van der Waals surface area (Å²) in [5.74, 6) is -0.538. The molecule has 0 aliphatic heterocycles. The van der Waals surface area contributed by atoms with Crippen molar-refractivity contribution >= 4 is 38.2 Å². The van der Waals surface area contributed by atoms with Crippen LogP contribution in [0.4, 0.5) is 32.0 Å². The summed E-state index contributed by atoms with van der Waals surface area (Å²) < 4.78 is 107. The average Bonchev–Trinajstić information content (AvgIpc) is 2.80. The van der Waals surface area contributed by atoms with E-state index in [1.165, 1.54) is 6.07 Å². The van der Waals surface area contributed by atoms with E-state index in [0.717, 1.165) is 18.2 Å². The summed E-state index contributed by atoms with van der Waals surface area (Å²) >= 11 is 5.99. The van der Waals surface area contributed by atoms with Gasteiger partial charge >= 0.3 is 12.4 Å². The summed E-state index contributed by atoms with van der Waals surface area (Å²) in [5.41, 5.74) is -4.97. The van der Waals surface area contributed by atoms with Crippen LogP contribution in [0.15, 0.2) is 70.4 Å². The first kappa shape index (κ1) is 26.4. The van der Waals surface area contributed by atoms with E-state index in [2.05, 4.69) is 4.98 Å². The number of H-pyrrole nitrogens is 1. The fourth-order valence-corrected chi connectivity index (χ4v) is 4.82. The first-order valence-corrected chi connectivity index (χ1v) is 11.9. The number of fused-ring (bicyclic) bond motifs is 1. The quantitative estimate of drug-likeness (QED) is 0.251. The van der Waals surface area contributed by atoms with Crippen molar-refractivity contribution in [2.75, 3.05) is 4.72 Å². The van der Waals surface area contributed by atoms with Crippen molar-refractivity contribution in [2.45, 2.75) is 17.2 Å². The number of anilines is 1. The molecule has 0 spiro atoms. The fourth-order valence-electron chi connectivity index (χ4n) is 3.57. The van der Waals surface area contributed by atoms with E-state index in [0.29, 0.717) is 36.4 Å². The zero-order valence-corrected chi connectivity index (χ0v) is 19.6. The Bertz CT molecular complexity index is 1680. The normalized spacial score (nSPS) is 12.6. The molecule has 6 nitrogen and oxygen atoms in total. The van der Waals surface area contributed by atoms with Crippen LogP contribution in [0.25, 0.3) is 22.0 Å². The monoisotopic (exact) mass is 562 g/mol. The Kier molecular flexibility index (Phi) is 6.41. The molecule has 0 fully saturated rings. The summed E-state index contributed by atoms with van der Waals surface area (Å²) in [7, 11) is -4.73. The van der Waals surface area contributed by atoms with Gasteiger partial charge in [-0.15, -0.1) is 0 Å². The van der Waals surface area contributed by atoms with E-state index in [1.807, 2.05) is 4.72 Å². The van der Waals surface area contributed by atoms with Crippen molar-refractivity contribution in [3.05, 3.63) is 87.2 Å². The maximum Gasteiger partial charge on any atom is 0.416 e. The molecular weight excluding hydrogens is 550 g/mol. The molecule has 194 valence electrons. The topological polar surface area (TPSA) is 99.3 Å². The lowest BCUT2D eigenvalue weighted by Crippen LogP contribution is -2.22. The maximum atomic E-state index is 13.4. The predicted octanol–water partition coefficient (Wildman–Crippen LogP) is 6.39. The van der Waals surface area contributed by atoms with Gasteiger partial charge in [0.05, 0.1) is 16.0 Å². The third kappa shape index (κ3) is 5.23. The van der Waals surface area contributed by atoms with Gasteiger partial charge in [-0.1, -0.05) is 11.6 Å². The van der Waals surface area contributed by atoms with E-state index in [1.54, 1.807) is 0 Å². The number of aromatic nitrogens is 1. The van der Waals surface area contributed by atoms with Crippen molar-refractivity contribution in [1.29, 1.82) is 0 Å². The van der Waals surface area contributed by atoms with Crippen LogP contribution in [0, 0.1) is 0 Å². The highest BCUT2D eigenvalue weighted by molar-refractivity contribution is 7.92. The number of aromatic amines is 1. The zero-order valence-electron chi connectivity index (χ0n) is 18.0. The Hall–Kier alpha value is -3.71. The van der Waals surface area contributed by atoms with Gasteiger partial charge in [0.1, 0.15) is 11.4 Å². The minimum atomic E-state index is -4.81. The molecule has 0 aliphatic rings. The smallest absolute Gasteiger partial charge is 0.416 e. The standard InChI is InChI=1S/C23H13ClF6N2O4S/c24-13-4-8-18(33)16(10-13)19-15-9-12(23(28,29)30)3-7-17(15)31-21(34)20(19)32-37(35,36)14-5-1-11(2-6-14)22(25,26)27/h1-10,32-33H,(H,31,34). The molecule has 0 bridgehead atoms. The fraction of sp³-hybridized carbons (Fsp3) is 0.0870. The largest absolute Gasteiger partial charge is 0.507 e. The van der Waals surface area contributed by atoms with E-state index in [9.17, 15) is 44.7 Å². The van der Waals surface area contributed by atoms with Crippen LogP contribution in [0.5, 0.6) is 5.75 Å². The highest BCUT2D eigenvalue weighted by Gasteiger charge is 2.33. The van der Waals surface area contributed by atoms with E-state index >= 15 is 0 Å². The molecule has 4 rings (SSSR count). The van der Waals surface area contributed by atoms with Crippen LogP contribution in [0.1, 0.15) is 11.1 Å². The molecule has 0 saturated heterocycles. The van der Waals surface area contributed by atoms with E-state index in [-0.39, 0.29) is 21.5 Å². The first-order chi connectivity index (χ1) is 17.1. The van der Waals surface area contributed by atoms with E-state index < -0.39 is 61.0 Å². The predicted molar refractivity (Wildman–Crippen MR) is 124 cm³/mol. The second kappa shape index (κ2) is 8.99. The Balaban J connectivity index is 1.99. The number of rotatable bonds is 4. The van der Waals surface area contributed by atoms with Gasteiger partial charge < -0.3 is 10.1 Å². The molecule has 37 heavy (non-hydrogen) atoms. The number of pyridine rings is 1. The van der Waals surface area contributed by atoms with Crippen molar-refractivity contribution < 1.29 is 39.9 Å². The Morgan fingerprint density at radius 1 is 0.838 bits per heavy atom. The molecule has 0 aliphatic carbocycles. The van der Waals surface area contributed by atoms with Gasteiger partial charge in [-0.3, -0.25) is 9.52 Å². The molecule has 1 aromatic heterocycles. The van der Waals surface area contributed by atoms with Gasteiger partial charge in [0.2, 0.25) is 0 Å². The summed E-state index contributed by atoms with van der Waals surface area (Å²) in [6.07, 6.45) is -9.55. The molecule has 3 aromatic carbocycles. The number of halogens is 7. The van der Waals surface area contributed by atoms with Crippen LogP contribution in [-0.4, -0.2) is 18.5 Å². The zero-order chi connectivity index (χ0) is 27.3. The summed E-state index contributed by atoms with van der Waals surface area (Å²) in [5, 5.41) is 10.1. The summed E-state index contributed by atoms with van der Waals surface area (Å²) in [4.78, 5) is 14.5.